The van der Waals surface area contributed by atoms with Crippen molar-refractivity contribution in [1.29, 1.82) is 0 Å². The number of hydrogen-bond acceptors (Lipinski definition) is 3. The number of rotatable bonds is 6. The summed E-state index contributed by atoms with van der Waals surface area (Å²) in [6, 6.07) is 13.5. The van der Waals surface area contributed by atoms with Gasteiger partial charge in [-0.3, -0.25) is 4.79 Å². The van der Waals surface area contributed by atoms with Crippen molar-refractivity contribution in [2.45, 2.75) is 24.8 Å². The molecule has 3 rings (SSSR count). The number of halogens is 1. The molecule has 24 heavy (non-hydrogen) atoms. The third-order valence-electron chi connectivity index (χ3n) is 4.41. The van der Waals surface area contributed by atoms with Gasteiger partial charge in [0.25, 0.3) is 5.91 Å². The smallest absolute Gasteiger partial charge is 0.258 e. The third-order valence-corrected chi connectivity index (χ3v) is 4.41. The van der Waals surface area contributed by atoms with E-state index >= 15 is 0 Å². The molecule has 5 heteroatoms. The van der Waals surface area contributed by atoms with Crippen molar-refractivity contribution in [2.24, 2.45) is 0 Å². The molecule has 1 aliphatic rings. The highest BCUT2D eigenvalue weighted by molar-refractivity contribution is 5.79. The Hall–Kier alpha value is -2.56. The Bertz CT molecular complexity index is 711. The molecule has 1 N–H and O–H groups in total. The maximum Gasteiger partial charge on any atom is 0.258 e. The molecule has 0 atom stereocenters. The van der Waals surface area contributed by atoms with Crippen LogP contribution < -0.4 is 14.8 Å². The van der Waals surface area contributed by atoms with Crippen LogP contribution in [0.3, 0.4) is 0 Å². The van der Waals surface area contributed by atoms with E-state index in [9.17, 15) is 9.18 Å². The van der Waals surface area contributed by atoms with E-state index < -0.39 is 5.54 Å². The van der Waals surface area contributed by atoms with Crippen LogP contribution >= 0.6 is 0 Å². The van der Waals surface area contributed by atoms with E-state index in [1.165, 1.54) is 12.1 Å². The lowest BCUT2D eigenvalue weighted by Crippen LogP contribution is -2.52. The van der Waals surface area contributed by atoms with E-state index in [2.05, 4.69) is 5.32 Å². The van der Waals surface area contributed by atoms with Crippen LogP contribution in [0.4, 0.5) is 4.39 Å². The maximum absolute atomic E-state index is 13.1. The van der Waals surface area contributed by atoms with Crippen molar-refractivity contribution in [2.75, 3.05) is 13.7 Å². The summed E-state index contributed by atoms with van der Waals surface area (Å²) in [6.45, 7) is -0.0939. The predicted molar refractivity (Wildman–Crippen MR) is 88.6 cm³/mol. The fourth-order valence-electron chi connectivity index (χ4n) is 2.97. The van der Waals surface area contributed by atoms with E-state index in [0.29, 0.717) is 11.5 Å². The summed E-state index contributed by atoms with van der Waals surface area (Å²) >= 11 is 0. The first-order chi connectivity index (χ1) is 11.6. The Morgan fingerprint density at radius 3 is 2.38 bits per heavy atom. The van der Waals surface area contributed by atoms with Crippen molar-refractivity contribution < 1.29 is 18.7 Å². The summed E-state index contributed by atoms with van der Waals surface area (Å²) in [5.41, 5.74) is 0.523. The molecule has 0 saturated heterocycles. The van der Waals surface area contributed by atoms with E-state index in [-0.39, 0.29) is 18.3 Å². The lowest BCUT2D eigenvalue weighted by atomic mass is 9.72. The van der Waals surface area contributed by atoms with Gasteiger partial charge in [-0.2, -0.15) is 0 Å². The van der Waals surface area contributed by atoms with Crippen molar-refractivity contribution >= 4 is 5.91 Å². The Morgan fingerprint density at radius 1 is 1.12 bits per heavy atom. The zero-order valence-corrected chi connectivity index (χ0v) is 13.5. The molecule has 0 aliphatic heterocycles. The van der Waals surface area contributed by atoms with Crippen LogP contribution in [0.2, 0.25) is 0 Å². The van der Waals surface area contributed by atoms with Gasteiger partial charge in [0, 0.05) is 0 Å². The minimum Gasteiger partial charge on any atom is -0.493 e. The van der Waals surface area contributed by atoms with E-state index in [4.69, 9.17) is 9.47 Å². The highest BCUT2D eigenvalue weighted by atomic mass is 19.1. The van der Waals surface area contributed by atoms with Gasteiger partial charge in [0.05, 0.1) is 12.6 Å². The first-order valence-electron chi connectivity index (χ1n) is 7.96. The number of carbonyl (C=O) groups is 1. The monoisotopic (exact) mass is 329 g/mol. The lowest BCUT2D eigenvalue weighted by molar-refractivity contribution is -0.126. The molecule has 1 amide bonds. The van der Waals surface area contributed by atoms with Crippen LogP contribution in [0, 0.1) is 5.82 Å². The number of amides is 1. The average molecular weight is 329 g/mol. The molecule has 0 bridgehead atoms. The maximum atomic E-state index is 13.1. The van der Waals surface area contributed by atoms with Crippen LogP contribution in [0.25, 0.3) is 0 Å². The quantitative estimate of drug-likeness (QED) is 0.883. The topological polar surface area (TPSA) is 47.6 Å². The molecule has 0 radical (unpaired) electrons. The minimum absolute atomic E-state index is 0.0939. The number of methoxy groups -OCH3 is 1. The Morgan fingerprint density at radius 2 is 1.79 bits per heavy atom. The van der Waals surface area contributed by atoms with Crippen LogP contribution in [0.5, 0.6) is 11.5 Å². The summed E-state index contributed by atoms with van der Waals surface area (Å²) < 4.78 is 23.9. The van der Waals surface area contributed by atoms with Crippen LogP contribution in [-0.4, -0.2) is 19.6 Å². The Kier molecular flexibility index (Phi) is 4.69. The number of ether oxygens (including phenoxy) is 2. The van der Waals surface area contributed by atoms with Gasteiger partial charge in [-0.15, -0.1) is 0 Å². The zero-order valence-electron chi connectivity index (χ0n) is 13.5. The van der Waals surface area contributed by atoms with Crippen molar-refractivity contribution in [3.8, 4) is 11.5 Å². The summed E-state index contributed by atoms with van der Waals surface area (Å²) in [7, 11) is 1.56. The summed E-state index contributed by atoms with van der Waals surface area (Å²) in [6.07, 6.45) is 2.73. The van der Waals surface area contributed by atoms with Crippen LogP contribution in [-0.2, 0) is 10.3 Å². The number of nitrogens with one attached hydrogen (secondary N) is 1. The fourth-order valence-corrected chi connectivity index (χ4v) is 2.97. The molecular weight excluding hydrogens is 309 g/mol. The highest BCUT2D eigenvalue weighted by Gasteiger charge is 2.40. The van der Waals surface area contributed by atoms with Crippen LogP contribution in [0.15, 0.2) is 48.5 Å². The fraction of sp³-hybridized carbons (Fsp3) is 0.316. The molecule has 126 valence electrons. The van der Waals surface area contributed by atoms with Crippen LogP contribution in [0.1, 0.15) is 24.8 Å². The summed E-state index contributed by atoms with van der Waals surface area (Å²) in [5, 5.41) is 3.05. The standard InChI is InChI=1S/C19H20FNO3/c1-23-16-5-2-3-6-17(16)24-13-18(22)21-19(11-4-12-19)14-7-9-15(20)10-8-14/h2-3,5-10H,4,11-13H2,1H3,(H,21,22). The van der Waals surface area contributed by atoms with Crippen molar-refractivity contribution in [3.05, 3.63) is 59.9 Å². The summed E-state index contributed by atoms with van der Waals surface area (Å²) in [4.78, 5) is 12.3. The highest BCUT2D eigenvalue weighted by Crippen LogP contribution is 2.41. The number of benzene rings is 2. The van der Waals surface area contributed by atoms with Gasteiger partial charge in [0.2, 0.25) is 0 Å². The molecule has 1 fully saturated rings. The molecule has 1 saturated carbocycles. The molecular formula is C19H20FNO3. The number of carbonyl (C=O) groups excluding carboxylic acids is 1. The van der Waals surface area contributed by atoms with E-state index in [1.807, 2.05) is 12.1 Å². The second kappa shape index (κ2) is 6.91. The van der Waals surface area contributed by atoms with E-state index in [1.54, 1.807) is 31.4 Å². The molecule has 0 aromatic heterocycles. The second-order valence-electron chi connectivity index (χ2n) is 5.93. The Labute approximate surface area is 140 Å². The second-order valence-corrected chi connectivity index (χ2v) is 5.93. The SMILES string of the molecule is COc1ccccc1OCC(=O)NC1(c2ccc(F)cc2)CCC1. The van der Waals surface area contributed by atoms with Gasteiger partial charge in [0.15, 0.2) is 18.1 Å². The molecule has 0 heterocycles. The summed E-state index contributed by atoms with van der Waals surface area (Å²) in [5.74, 6) is 0.630. The van der Waals surface area contributed by atoms with E-state index in [0.717, 1.165) is 24.8 Å². The predicted octanol–water partition coefficient (Wildman–Crippen LogP) is 3.41. The zero-order chi connectivity index (χ0) is 17.0. The van der Waals surface area contributed by atoms with Gasteiger partial charge in [0.1, 0.15) is 5.82 Å². The van der Waals surface area contributed by atoms with Gasteiger partial charge >= 0.3 is 0 Å². The first kappa shape index (κ1) is 16.3. The van der Waals surface area contributed by atoms with Crippen molar-refractivity contribution in [3.63, 3.8) is 0 Å². The van der Waals surface area contributed by atoms with Gasteiger partial charge < -0.3 is 14.8 Å². The molecule has 4 nitrogen and oxygen atoms in total. The first-order valence-corrected chi connectivity index (χ1v) is 7.96. The Balaban J connectivity index is 1.64. The van der Waals surface area contributed by atoms with Gasteiger partial charge in [-0.1, -0.05) is 24.3 Å². The number of para-hydroxylation sites is 2. The van der Waals surface area contributed by atoms with Gasteiger partial charge in [-0.25, -0.2) is 4.39 Å². The molecule has 0 spiro atoms. The normalized spacial score (nSPS) is 15.2. The minimum atomic E-state index is -0.408. The number of hydrogen-bond donors (Lipinski definition) is 1. The molecule has 2 aromatic rings. The van der Waals surface area contributed by atoms with Crippen molar-refractivity contribution in [1.82, 2.24) is 5.32 Å². The molecule has 1 aliphatic carbocycles. The third kappa shape index (κ3) is 3.35. The van der Waals surface area contributed by atoms with Gasteiger partial charge in [-0.05, 0) is 49.1 Å². The lowest BCUT2D eigenvalue weighted by Gasteiger charge is -2.43. The largest absolute Gasteiger partial charge is 0.493 e. The molecule has 2 aromatic carbocycles. The average Bonchev–Trinajstić information content (AvgIpc) is 2.57. The molecule has 0 unspecified atom stereocenters.